The van der Waals surface area contributed by atoms with Gasteiger partial charge >= 0.3 is 0 Å². The maximum Gasteiger partial charge on any atom is 0.255 e. The molecule has 9 heteroatoms. The maximum absolute atomic E-state index is 12.6. The number of rotatable bonds is 10. The van der Waals surface area contributed by atoms with Gasteiger partial charge in [0.25, 0.3) is 5.91 Å². The normalized spacial score (nSPS) is 16.6. The lowest BCUT2D eigenvalue weighted by Crippen LogP contribution is -2.31. The first-order valence-corrected chi connectivity index (χ1v) is 11.8. The van der Waals surface area contributed by atoms with E-state index in [1.165, 1.54) is 5.56 Å². The third-order valence-corrected chi connectivity index (χ3v) is 5.89. The topological polar surface area (TPSA) is 63.1 Å². The monoisotopic (exact) mass is 435 g/mol. The predicted molar refractivity (Wildman–Crippen MR) is 122 cm³/mol. The van der Waals surface area contributed by atoms with Crippen LogP contribution >= 0.6 is 36.6 Å². The summed E-state index contributed by atoms with van der Waals surface area (Å²) >= 11 is 11.3. The Hall–Kier alpha value is -1.58. The molecule has 0 aliphatic carbocycles. The van der Waals surface area contributed by atoms with Crippen LogP contribution in [0, 0.1) is 0 Å². The van der Waals surface area contributed by atoms with E-state index in [4.69, 9.17) is 12.2 Å². The first kappa shape index (κ1) is 21.1. The summed E-state index contributed by atoms with van der Waals surface area (Å²) < 4.78 is 1.87. The Morgan fingerprint density at radius 2 is 2.07 bits per heavy atom. The van der Waals surface area contributed by atoms with Crippen LogP contribution in [0.4, 0.5) is 5.69 Å². The van der Waals surface area contributed by atoms with E-state index in [1.54, 1.807) is 16.7 Å². The Balaban J connectivity index is 1.57. The zero-order valence-electron chi connectivity index (χ0n) is 15.9. The molecule has 1 saturated heterocycles. The van der Waals surface area contributed by atoms with Crippen LogP contribution in [-0.2, 0) is 24.2 Å². The number of thioether (sulfide) groups is 1. The van der Waals surface area contributed by atoms with Gasteiger partial charge < -0.3 is 5.32 Å². The summed E-state index contributed by atoms with van der Waals surface area (Å²) in [6.45, 7) is 0.848. The van der Waals surface area contributed by atoms with Crippen LogP contribution in [0.25, 0.3) is 0 Å². The number of nitrogens with zero attached hydrogens (tertiary/aromatic N) is 4. The number of thiol groups is 1. The summed E-state index contributed by atoms with van der Waals surface area (Å²) in [5.74, 6) is 1.81. The molecule has 1 unspecified atom stereocenters. The van der Waals surface area contributed by atoms with Gasteiger partial charge in [0.2, 0.25) is 0 Å². The molecule has 3 rings (SSSR count). The van der Waals surface area contributed by atoms with Crippen LogP contribution in [0.3, 0.4) is 0 Å². The van der Waals surface area contributed by atoms with Gasteiger partial charge in [-0.25, -0.2) is 0 Å². The van der Waals surface area contributed by atoms with E-state index in [9.17, 15) is 4.79 Å². The molecule has 2 aromatic rings. The van der Waals surface area contributed by atoms with Crippen molar-refractivity contribution < 1.29 is 4.79 Å². The zero-order chi connectivity index (χ0) is 19.9. The van der Waals surface area contributed by atoms with E-state index in [2.05, 4.69) is 28.3 Å². The van der Waals surface area contributed by atoms with Crippen LogP contribution in [0.5, 0.6) is 0 Å². The van der Waals surface area contributed by atoms with E-state index < -0.39 is 0 Å². The molecular formula is C19H25N5OS3. The Labute approximate surface area is 180 Å². The average molecular weight is 436 g/mol. The van der Waals surface area contributed by atoms with E-state index in [0.29, 0.717) is 5.11 Å². The second kappa shape index (κ2) is 10.3. The number of thiocarbonyl (C=S) groups is 1. The molecule has 1 aliphatic rings. The number of hydrogen-bond donors (Lipinski definition) is 2. The van der Waals surface area contributed by atoms with Crippen LogP contribution in [0.1, 0.15) is 24.1 Å². The molecule has 0 saturated carbocycles. The van der Waals surface area contributed by atoms with Gasteiger partial charge in [-0.2, -0.15) is 24.4 Å². The predicted octanol–water partition coefficient (Wildman–Crippen LogP) is 2.73. The number of aryl methyl sites for hydroxylation is 3. The van der Waals surface area contributed by atoms with Gasteiger partial charge in [0.15, 0.2) is 5.11 Å². The summed E-state index contributed by atoms with van der Waals surface area (Å²) in [7, 11) is 0. The van der Waals surface area contributed by atoms with Crippen molar-refractivity contribution in [3.8, 4) is 0 Å². The Bertz CT molecular complexity index is 808. The molecule has 1 aromatic carbocycles. The van der Waals surface area contributed by atoms with E-state index >= 15 is 0 Å². The molecule has 28 heavy (non-hydrogen) atoms. The number of aromatic nitrogens is 3. The molecule has 1 N–H and O–H groups in total. The minimum atomic E-state index is -0.218. The summed E-state index contributed by atoms with van der Waals surface area (Å²) in [6.07, 6.45) is 7.51. The lowest BCUT2D eigenvalue weighted by Gasteiger charge is -2.15. The van der Waals surface area contributed by atoms with Crippen molar-refractivity contribution in [1.29, 1.82) is 0 Å². The molecular weight excluding hydrogens is 410 g/mol. The summed E-state index contributed by atoms with van der Waals surface area (Å²) in [6, 6.07) is 7.80. The summed E-state index contributed by atoms with van der Waals surface area (Å²) in [5, 5.41) is 12.0. The third-order valence-electron chi connectivity index (χ3n) is 4.63. The Morgan fingerprint density at radius 1 is 1.29 bits per heavy atom. The first-order chi connectivity index (χ1) is 13.6. The van der Waals surface area contributed by atoms with Crippen molar-refractivity contribution in [3.05, 3.63) is 41.7 Å². The van der Waals surface area contributed by atoms with Crippen LogP contribution in [0.15, 0.2) is 30.5 Å². The highest BCUT2D eigenvalue weighted by molar-refractivity contribution is 7.98. The van der Waals surface area contributed by atoms with Crippen LogP contribution < -0.4 is 10.2 Å². The fourth-order valence-corrected chi connectivity index (χ4v) is 4.04. The highest BCUT2D eigenvalue weighted by Crippen LogP contribution is 2.22. The molecule has 1 atom stereocenters. The molecule has 150 valence electrons. The number of nitrogens with one attached hydrogen (secondary N) is 1. The fourth-order valence-electron chi connectivity index (χ4n) is 3.09. The van der Waals surface area contributed by atoms with Crippen molar-refractivity contribution in [1.82, 2.24) is 20.3 Å². The molecule has 1 aliphatic heterocycles. The minimum absolute atomic E-state index is 0.0321. The highest BCUT2D eigenvalue weighted by Gasteiger charge is 2.35. The highest BCUT2D eigenvalue weighted by atomic mass is 32.2. The molecule has 0 bridgehead atoms. The van der Waals surface area contributed by atoms with Gasteiger partial charge in [-0.05, 0) is 73.4 Å². The molecule has 1 fully saturated rings. The van der Waals surface area contributed by atoms with Gasteiger partial charge in [-0.1, -0.05) is 17.3 Å². The van der Waals surface area contributed by atoms with Crippen molar-refractivity contribution in [2.75, 3.05) is 22.7 Å². The van der Waals surface area contributed by atoms with Crippen LogP contribution in [0.2, 0.25) is 0 Å². The third kappa shape index (κ3) is 5.27. The Morgan fingerprint density at radius 3 is 2.79 bits per heavy atom. The van der Waals surface area contributed by atoms with Crippen LogP contribution in [-0.4, -0.2) is 49.8 Å². The van der Waals surface area contributed by atoms with Gasteiger partial charge in [-0.15, -0.1) is 5.10 Å². The van der Waals surface area contributed by atoms with Crippen molar-refractivity contribution in [2.24, 2.45) is 0 Å². The fraction of sp³-hybridized carbons (Fsp3) is 0.474. The SMILES string of the molecule is CSCCC1NC(=S)N(c2ccc(CCc3cn(CCCS)nn3)cc2)C1=O. The van der Waals surface area contributed by atoms with Crippen molar-refractivity contribution in [2.45, 2.75) is 38.3 Å². The molecule has 0 spiro atoms. The number of anilines is 1. The molecule has 0 radical (unpaired) electrons. The van der Waals surface area contributed by atoms with Gasteiger partial charge in [0.1, 0.15) is 6.04 Å². The molecule has 2 heterocycles. The number of carbonyl (C=O) groups excluding carboxylic acids is 1. The standard InChI is InChI=1S/C19H25N5OS3/c1-28-12-9-17-18(25)24(19(27)20-17)16-7-4-14(5-8-16)3-6-15-13-23(22-21-15)10-2-11-26/h4-5,7-8,13,17,26H,2-3,6,9-12H2,1H3,(H,20,27). The largest absolute Gasteiger partial charge is 0.350 e. The second-order valence-corrected chi connectivity index (χ2v) is 8.49. The molecule has 6 nitrogen and oxygen atoms in total. The molecule has 1 aromatic heterocycles. The summed E-state index contributed by atoms with van der Waals surface area (Å²) in [4.78, 5) is 14.2. The molecule has 1 amide bonds. The van der Waals surface area contributed by atoms with Crippen molar-refractivity contribution >= 4 is 53.3 Å². The lowest BCUT2D eigenvalue weighted by molar-refractivity contribution is -0.118. The maximum atomic E-state index is 12.6. The lowest BCUT2D eigenvalue weighted by atomic mass is 10.1. The zero-order valence-corrected chi connectivity index (χ0v) is 18.4. The smallest absolute Gasteiger partial charge is 0.255 e. The number of benzene rings is 1. The number of carbonyl (C=O) groups is 1. The van der Waals surface area contributed by atoms with Gasteiger partial charge in [0.05, 0.1) is 11.4 Å². The van der Waals surface area contributed by atoms with Crippen molar-refractivity contribution in [3.63, 3.8) is 0 Å². The first-order valence-electron chi connectivity index (χ1n) is 9.34. The van der Waals surface area contributed by atoms with E-state index in [1.807, 2.05) is 41.4 Å². The summed E-state index contributed by atoms with van der Waals surface area (Å²) in [5.41, 5.74) is 2.99. The number of hydrogen-bond acceptors (Lipinski definition) is 6. The second-order valence-electron chi connectivity index (χ2n) is 6.67. The Kier molecular flexibility index (Phi) is 7.75. The quantitative estimate of drug-likeness (QED) is 0.442. The van der Waals surface area contributed by atoms with E-state index in [-0.39, 0.29) is 11.9 Å². The van der Waals surface area contributed by atoms with E-state index in [0.717, 1.165) is 55.1 Å². The number of amides is 1. The minimum Gasteiger partial charge on any atom is -0.350 e. The van der Waals surface area contributed by atoms with Gasteiger partial charge in [-0.3, -0.25) is 14.4 Å². The van der Waals surface area contributed by atoms with Gasteiger partial charge in [0, 0.05) is 12.7 Å². The average Bonchev–Trinajstić information content (AvgIpc) is 3.27.